The second-order valence-corrected chi connectivity index (χ2v) is 4.01. The molecule has 0 aliphatic carbocycles. The van der Waals surface area contributed by atoms with Crippen molar-refractivity contribution in [3.05, 3.63) is 39.9 Å². The summed E-state index contributed by atoms with van der Waals surface area (Å²) in [6, 6.07) is 5.36. The van der Waals surface area contributed by atoms with Gasteiger partial charge in [-0.2, -0.15) is 0 Å². The molecule has 9 nitrogen and oxygen atoms in total. The summed E-state index contributed by atoms with van der Waals surface area (Å²) in [5, 5.41) is 24.2. The summed E-state index contributed by atoms with van der Waals surface area (Å²) in [4.78, 5) is 32.4. The number of methoxy groups -OCH3 is 1. The number of hydrogen-bond acceptors (Lipinski definition) is 5. The molecule has 1 aromatic carbocycles. The largest absolute Gasteiger partial charge is 0.479 e. The molecule has 0 aromatic heterocycles. The van der Waals surface area contributed by atoms with Crippen molar-refractivity contribution < 1.29 is 24.4 Å². The third kappa shape index (κ3) is 5.07. The van der Waals surface area contributed by atoms with Crippen LogP contribution in [-0.2, 0) is 16.1 Å². The molecule has 21 heavy (non-hydrogen) atoms. The van der Waals surface area contributed by atoms with E-state index < -0.39 is 23.0 Å². The van der Waals surface area contributed by atoms with Gasteiger partial charge in [0.05, 0.1) is 18.0 Å². The number of nitrogens with zero attached hydrogens (tertiary/aromatic N) is 1. The molecule has 9 heteroatoms. The molecular formula is C12H15N3O6. The lowest BCUT2D eigenvalue weighted by Gasteiger charge is -2.12. The zero-order valence-corrected chi connectivity index (χ0v) is 11.2. The predicted molar refractivity (Wildman–Crippen MR) is 71.8 cm³/mol. The molecule has 0 saturated heterocycles. The minimum atomic E-state index is -1.20. The number of carboxylic acids is 1. The Morgan fingerprint density at radius 2 is 2.05 bits per heavy atom. The molecule has 3 N–H and O–H groups in total. The molecule has 0 bridgehead atoms. The Hall–Kier alpha value is -2.68. The van der Waals surface area contributed by atoms with Crippen LogP contribution in [0.5, 0.6) is 0 Å². The Balaban J connectivity index is 2.50. The van der Waals surface area contributed by atoms with Crippen molar-refractivity contribution in [3.63, 3.8) is 0 Å². The van der Waals surface area contributed by atoms with E-state index in [1.165, 1.54) is 25.3 Å². The normalized spacial score (nSPS) is 11.5. The van der Waals surface area contributed by atoms with Gasteiger partial charge in [-0.25, -0.2) is 9.59 Å². The summed E-state index contributed by atoms with van der Waals surface area (Å²) in [6.45, 7) is -0.262. The van der Waals surface area contributed by atoms with Crippen molar-refractivity contribution >= 4 is 17.7 Å². The second-order valence-electron chi connectivity index (χ2n) is 4.01. The molecule has 1 rings (SSSR count). The average Bonchev–Trinajstić information content (AvgIpc) is 2.45. The fraction of sp³-hybridized carbons (Fsp3) is 0.333. The Morgan fingerprint density at radius 1 is 1.38 bits per heavy atom. The molecule has 0 heterocycles. The number of aliphatic carboxylic acids is 1. The first kappa shape index (κ1) is 16.4. The van der Waals surface area contributed by atoms with Crippen LogP contribution in [-0.4, -0.2) is 41.8 Å². The minimum Gasteiger partial charge on any atom is -0.479 e. The summed E-state index contributed by atoms with van der Waals surface area (Å²) >= 11 is 0. The van der Waals surface area contributed by atoms with Crippen molar-refractivity contribution in [3.8, 4) is 0 Å². The third-order valence-electron chi connectivity index (χ3n) is 2.64. The molecular weight excluding hydrogens is 282 g/mol. The van der Waals surface area contributed by atoms with Crippen LogP contribution in [0, 0.1) is 10.1 Å². The van der Waals surface area contributed by atoms with Crippen molar-refractivity contribution in [1.29, 1.82) is 0 Å². The van der Waals surface area contributed by atoms with Crippen LogP contribution < -0.4 is 10.6 Å². The van der Waals surface area contributed by atoms with Crippen LogP contribution in [0.4, 0.5) is 10.5 Å². The second kappa shape index (κ2) is 7.80. The Kier molecular flexibility index (Phi) is 6.08. The molecule has 1 atom stereocenters. The van der Waals surface area contributed by atoms with Gasteiger partial charge in [-0.3, -0.25) is 10.1 Å². The average molecular weight is 297 g/mol. The molecule has 0 saturated carbocycles. The zero-order valence-electron chi connectivity index (χ0n) is 11.2. The van der Waals surface area contributed by atoms with E-state index >= 15 is 0 Å². The lowest BCUT2D eigenvalue weighted by Crippen LogP contribution is -2.42. The van der Waals surface area contributed by atoms with Crippen molar-refractivity contribution in [2.24, 2.45) is 0 Å². The quantitative estimate of drug-likeness (QED) is 0.496. The van der Waals surface area contributed by atoms with Crippen molar-refractivity contribution in [2.75, 3.05) is 13.7 Å². The van der Waals surface area contributed by atoms with E-state index in [-0.39, 0.29) is 18.8 Å². The Morgan fingerprint density at radius 3 is 2.62 bits per heavy atom. The number of urea groups is 1. The maximum atomic E-state index is 11.5. The molecule has 0 spiro atoms. The van der Waals surface area contributed by atoms with Gasteiger partial charge >= 0.3 is 12.0 Å². The van der Waals surface area contributed by atoms with Gasteiger partial charge in [-0.1, -0.05) is 18.2 Å². The fourth-order valence-electron chi connectivity index (χ4n) is 1.53. The van der Waals surface area contributed by atoms with Crippen molar-refractivity contribution in [1.82, 2.24) is 10.6 Å². The highest BCUT2D eigenvalue weighted by molar-refractivity contribution is 5.76. The van der Waals surface area contributed by atoms with Crippen molar-refractivity contribution in [2.45, 2.75) is 12.6 Å². The van der Waals surface area contributed by atoms with Gasteiger partial charge in [0.15, 0.2) is 6.10 Å². The number of carboxylic acid groups (broad SMARTS) is 1. The summed E-state index contributed by atoms with van der Waals surface area (Å²) in [7, 11) is 1.21. The van der Waals surface area contributed by atoms with Crippen LogP contribution >= 0.6 is 0 Å². The molecule has 0 fully saturated rings. The number of nitro benzene ring substituents is 1. The third-order valence-corrected chi connectivity index (χ3v) is 2.64. The van der Waals surface area contributed by atoms with Gasteiger partial charge in [0.2, 0.25) is 0 Å². The maximum Gasteiger partial charge on any atom is 0.334 e. The SMILES string of the molecule is COC(CNC(=O)NCc1ccccc1[N+](=O)[O-])C(=O)O. The molecule has 0 aliphatic heterocycles. The highest BCUT2D eigenvalue weighted by atomic mass is 16.6. The van der Waals surface area contributed by atoms with E-state index in [9.17, 15) is 19.7 Å². The summed E-state index contributed by atoms with van der Waals surface area (Å²) < 4.78 is 4.64. The minimum absolute atomic E-state index is 0.0479. The number of nitrogens with one attached hydrogen (secondary N) is 2. The number of ether oxygens (including phenoxy) is 1. The Labute approximate surface area is 120 Å². The van der Waals surface area contributed by atoms with E-state index in [1.54, 1.807) is 6.07 Å². The number of benzene rings is 1. The maximum absolute atomic E-state index is 11.5. The number of para-hydroxylation sites is 1. The Bertz CT molecular complexity index is 533. The smallest absolute Gasteiger partial charge is 0.334 e. The van der Waals surface area contributed by atoms with E-state index in [0.29, 0.717) is 5.56 Å². The molecule has 1 unspecified atom stereocenters. The van der Waals surface area contributed by atoms with Crippen LogP contribution in [0.1, 0.15) is 5.56 Å². The first-order valence-corrected chi connectivity index (χ1v) is 5.95. The highest BCUT2D eigenvalue weighted by Gasteiger charge is 2.17. The first-order valence-electron chi connectivity index (χ1n) is 5.95. The fourth-order valence-corrected chi connectivity index (χ4v) is 1.53. The number of carbonyl (C=O) groups excluding carboxylic acids is 1. The number of nitro groups is 1. The van der Waals surface area contributed by atoms with Gasteiger partial charge in [0.25, 0.3) is 5.69 Å². The lowest BCUT2D eigenvalue weighted by atomic mass is 10.2. The zero-order chi connectivity index (χ0) is 15.8. The van der Waals surface area contributed by atoms with Crippen LogP contribution in [0.25, 0.3) is 0 Å². The van der Waals surface area contributed by atoms with Gasteiger partial charge in [-0.15, -0.1) is 0 Å². The predicted octanol–water partition coefficient (Wildman–Crippen LogP) is 0.494. The van der Waals surface area contributed by atoms with E-state index in [4.69, 9.17) is 5.11 Å². The summed E-state index contributed by atoms with van der Waals surface area (Å²) in [6.07, 6.45) is -1.15. The monoisotopic (exact) mass is 297 g/mol. The summed E-state index contributed by atoms with van der Waals surface area (Å²) in [5.41, 5.74) is 0.247. The molecule has 114 valence electrons. The van der Waals surface area contributed by atoms with Gasteiger partial charge in [0.1, 0.15) is 0 Å². The lowest BCUT2D eigenvalue weighted by molar-refractivity contribution is -0.385. The van der Waals surface area contributed by atoms with E-state index in [0.717, 1.165) is 0 Å². The molecule has 0 radical (unpaired) electrons. The van der Waals surface area contributed by atoms with Crippen LogP contribution in [0.3, 0.4) is 0 Å². The highest BCUT2D eigenvalue weighted by Crippen LogP contribution is 2.16. The van der Waals surface area contributed by atoms with Gasteiger partial charge in [-0.05, 0) is 0 Å². The van der Waals surface area contributed by atoms with Gasteiger partial charge in [0, 0.05) is 18.7 Å². The number of amides is 2. The van der Waals surface area contributed by atoms with E-state index in [1.807, 2.05) is 0 Å². The van der Waals surface area contributed by atoms with Gasteiger partial charge < -0.3 is 20.5 Å². The number of rotatable bonds is 7. The first-order chi connectivity index (χ1) is 9.95. The number of hydrogen-bond donors (Lipinski definition) is 3. The molecule has 2 amide bonds. The molecule has 0 aliphatic rings. The topological polar surface area (TPSA) is 131 Å². The molecule has 1 aromatic rings. The number of carbonyl (C=O) groups is 2. The van der Waals surface area contributed by atoms with E-state index in [2.05, 4.69) is 15.4 Å². The van der Waals surface area contributed by atoms with Crippen LogP contribution in [0.2, 0.25) is 0 Å². The van der Waals surface area contributed by atoms with Crippen LogP contribution in [0.15, 0.2) is 24.3 Å². The standard InChI is InChI=1S/C12H15N3O6/c1-21-10(11(16)17)7-14-12(18)13-6-8-4-2-3-5-9(8)15(19)20/h2-5,10H,6-7H2,1H3,(H,16,17)(H2,13,14,18). The summed E-state index contributed by atoms with van der Waals surface area (Å²) in [5.74, 6) is -1.20.